The van der Waals surface area contributed by atoms with Crippen LogP contribution in [0.5, 0.6) is 0 Å². The first kappa shape index (κ1) is 22.0. The van der Waals surface area contributed by atoms with E-state index in [4.69, 9.17) is 9.47 Å². The zero-order valence-electron chi connectivity index (χ0n) is 18.2. The molecule has 1 aliphatic heterocycles. The molecule has 4 rings (SSSR count). The SMILES string of the molecule is CCOC(=O)c1ccc(-c2ccc3c(c2)C(C)(C)C[C@@H](OC(=O)c2cccnc2)S3)nc1. The van der Waals surface area contributed by atoms with Crippen molar-refractivity contribution in [1.29, 1.82) is 0 Å². The van der Waals surface area contributed by atoms with Gasteiger partial charge in [-0.25, -0.2) is 9.59 Å². The molecule has 7 heteroatoms. The minimum atomic E-state index is -0.374. The normalized spacial score (nSPS) is 16.7. The van der Waals surface area contributed by atoms with E-state index in [1.54, 1.807) is 49.3 Å². The molecule has 0 spiro atoms. The molecule has 0 saturated heterocycles. The summed E-state index contributed by atoms with van der Waals surface area (Å²) in [6.07, 6.45) is 5.37. The fourth-order valence-electron chi connectivity index (χ4n) is 3.67. The lowest BCUT2D eigenvalue weighted by Crippen LogP contribution is -2.31. The summed E-state index contributed by atoms with van der Waals surface area (Å²) in [5.74, 6) is -0.737. The van der Waals surface area contributed by atoms with Crippen LogP contribution in [0.1, 0.15) is 53.5 Å². The Morgan fingerprint density at radius 3 is 2.59 bits per heavy atom. The molecule has 0 amide bonds. The summed E-state index contributed by atoms with van der Waals surface area (Å²) in [7, 11) is 0. The molecule has 1 aliphatic rings. The molecule has 0 aliphatic carbocycles. The lowest BCUT2D eigenvalue weighted by Gasteiger charge is -2.36. The maximum Gasteiger partial charge on any atom is 0.340 e. The van der Waals surface area contributed by atoms with Crippen molar-refractivity contribution in [3.63, 3.8) is 0 Å². The van der Waals surface area contributed by atoms with Gasteiger partial charge in [-0.05, 0) is 54.3 Å². The second-order valence-corrected chi connectivity index (χ2v) is 9.35. The highest BCUT2D eigenvalue weighted by Gasteiger charge is 2.36. The van der Waals surface area contributed by atoms with Gasteiger partial charge < -0.3 is 9.47 Å². The average molecular weight is 449 g/mol. The Morgan fingerprint density at radius 1 is 1.09 bits per heavy atom. The number of hydrogen-bond acceptors (Lipinski definition) is 7. The van der Waals surface area contributed by atoms with E-state index in [9.17, 15) is 9.59 Å². The number of pyridine rings is 2. The van der Waals surface area contributed by atoms with Crippen LogP contribution in [0.4, 0.5) is 0 Å². The van der Waals surface area contributed by atoms with E-state index in [0.29, 0.717) is 24.2 Å². The lowest BCUT2D eigenvalue weighted by atomic mass is 9.80. The molecule has 0 bridgehead atoms. The Morgan fingerprint density at radius 2 is 1.91 bits per heavy atom. The van der Waals surface area contributed by atoms with Gasteiger partial charge in [0.05, 0.1) is 23.4 Å². The van der Waals surface area contributed by atoms with E-state index >= 15 is 0 Å². The fourth-order valence-corrected chi connectivity index (χ4v) is 5.19. The van der Waals surface area contributed by atoms with Gasteiger partial charge in [-0.1, -0.05) is 31.7 Å². The van der Waals surface area contributed by atoms with Crippen molar-refractivity contribution in [3.05, 3.63) is 77.7 Å². The van der Waals surface area contributed by atoms with Crippen molar-refractivity contribution in [2.75, 3.05) is 6.61 Å². The van der Waals surface area contributed by atoms with Crippen LogP contribution in [-0.4, -0.2) is 33.9 Å². The molecule has 0 fully saturated rings. The lowest BCUT2D eigenvalue weighted by molar-refractivity contribution is 0.0414. The first-order valence-corrected chi connectivity index (χ1v) is 11.3. The standard InChI is InChI=1S/C25H24N2O4S/c1-4-30-23(28)18-7-9-20(27-15-18)16-8-10-21-19(12-16)25(2,3)13-22(32-21)31-24(29)17-6-5-11-26-14-17/h5-12,14-15,22H,4,13H2,1-3H3/t22-/m0/s1. The quantitative estimate of drug-likeness (QED) is 0.492. The summed E-state index contributed by atoms with van der Waals surface area (Å²) >= 11 is 1.55. The molecule has 0 saturated carbocycles. The monoisotopic (exact) mass is 448 g/mol. The molecule has 3 heterocycles. The number of esters is 2. The highest BCUT2D eigenvalue weighted by atomic mass is 32.2. The van der Waals surface area contributed by atoms with Gasteiger partial charge in [0.25, 0.3) is 0 Å². The van der Waals surface area contributed by atoms with Gasteiger partial charge >= 0.3 is 11.9 Å². The number of rotatable bonds is 5. The van der Waals surface area contributed by atoms with Crippen molar-refractivity contribution in [2.24, 2.45) is 0 Å². The van der Waals surface area contributed by atoms with Crippen LogP contribution in [0, 0.1) is 0 Å². The molecular weight excluding hydrogens is 424 g/mol. The molecule has 0 unspecified atom stereocenters. The molecule has 3 aromatic rings. The number of ether oxygens (including phenoxy) is 2. The summed E-state index contributed by atoms with van der Waals surface area (Å²) in [5, 5.41) is 0. The zero-order valence-corrected chi connectivity index (χ0v) is 19.0. The van der Waals surface area contributed by atoms with Crippen LogP contribution in [-0.2, 0) is 14.9 Å². The highest BCUT2D eigenvalue weighted by molar-refractivity contribution is 7.99. The smallest absolute Gasteiger partial charge is 0.340 e. The van der Waals surface area contributed by atoms with E-state index in [-0.39, 0.29) is 22.8 Å². The third-order valence-corrected chi connectivity index (χ3v) is 6.49. The number of carbonyl (C=O) groups excluding carboxylic acids is 2. The van der Waals surface area contributed by atoms with Crippen molar-refractivity contribution < 1.29 is 19.1 Å². The summed E-state index contributed by atoms with van der Waals surface area (Å²) in [5.41, 5.74) is 3.35. The van der Waals surface area contributed by atoms with E-state index < -0.39 is 0 Å². The van der Waals surface area contributed by atoms with E-state index in [0.717, 1.165) is 16.2 Å². The summed E-state index contributed by atoms with van der Waals surface area (Å²) < 4.78 is 10.8. The molecule has 1 aromatic carbocycles. The van der Waals surface area contributed by atoms with Crippen LogP contribution in [0.3, 0.4) is 0 Å². The molecular formula is C25H24N2O4S. The third-order valence-electron chi connectivity index (χ3n) is 5.35. The van der Waals surface area contributed by atoms with Gasteiger partial charge in [-0.2, -0.15) is 0 Å². The minimum Gasteiger partial charge on any atom is -0.462 e. The number of benzene rings is 1. The Bertz CT molecular complexity index is 1130. The Kier molecular flexibility index (Phi) is 6.28. The van der Waals surface area contributed by atoms with Crippen molar-refractivity contribution in [1.82, 2.24) is 9.97 Å². The molecule has 164 valence electrons. The first-order valence-electron chi connectivity index (χ1n) is 10.4. The van der Waals surface area contributed by atoms with Crippen LogP contribution in [0.2, 0.25) is 0 Å². The van der Waals surface area contributed by atoms with Crippen LogP contribution in [0.15, 0.2) is 66.0 Å². The van der Waals surface area contributed by atoms with E-state index in [1.807, 2.05) is 18.2 Å². The number of hydrogen-bond donors (Lipinski definition) is 0. The Balaban J connectivity index is 1.54. The Labute approximate surface area is 191 Å². The number of aromatic nitrogens is 2. The molecule has 32 heavy (non-hydrogen) atoms. The van der Waals surface area contributed by atoms with Gasteiger partial charge in [0.2, 0.25) is 0 Å². The summed E-state index contributed by atoms with van der Waals surface area (Å²) in [6, 6.07) is 13.2. The maximum atomic E-state index is 12.5. The second kappa shape index (κ2) is 9.12. The number of fused-ring (bicyclic) bond motifs is 1. The highest BCUT2D eigenvalue weighted by Crippen LogP contribution is 2.47. The van der Waals surface area contributed by atoms with E-state index in [2.05, 4.69) is 29.9 Å². The van der Waals surface area contributed by atoms with Crippen LogP contribution < -0.4 is 0 Å². The zero-order chi connectivity index (χ0) is 22.7. The van der Waals surface area contributed by atoms with Crippen molar-refractivity contribution in [2.45, 2.75) is 42.9 Å². The topological polar surface area (TPSA) is 78.4 Å². The maximum absolute atomic E-state index is 12.5. The third kappa shape index (κ3) is 4.67. The Hall–Kier alpha value is -3.19. The first-order chi connectivity index (χ1) is 15.4. The van der Waals surface area contributed by atoms with Gasteiger partial charge in [0, 0.05) is 35.5 Å². The summed E-state index contributed by atoms with van der Waals surface area (Å²) in [6.45, 7) is 6.41. The largest absolute Gasteiger partial charge is 0.462 e. The molecule has 0 radical (unpaired) electrons. The van der Waals surface area contributed by atoms with Gasteiger partial charge in [-0.15, -0.1) is 0 Å². The number of thioether (sulfide) groups is 1. The minimum absolute atomic E-state index is 0.193. The summed E-state index contributed by atoms with van der Waals surface area (Å²) in [4.78, 5) is 33.9. The number of carbonyl (C=O) groups is 2. The van der Waals surface area contributed by atoms with Crippen molar-refractivity contribution in [3.8, 4) is 11.3 Å². The van der Waals surface area contributed by atoms with Crippen molar-refractivity contribution >= 4 is 23.7 Å². The molecule has 2 aromatic heterocycles. The van der Waals surface area contributed by atoms with E-state index in [1.165, 1.54) is 11.8 Å². The fraction of sp³-hybridized carbons (Fsp3) is 0.280. The predicted molar refractivity (Wildman–Crippen MR) is 123 cm³/mol. The van der Waals surface area contributed by atoms with Gasteiger partial charge in [0.15, 0.2) is 5.44 Å². The average Bonchev–Trinajstić information content (AvgIpc) is 2.79. The van der Waals surface area contributed by atoms with Crippen LogP contribution >= 0.6 is 11.8 Å². The van der Waals surface area contributed by atoms with Gasteiger partial charge in [-0.3, -0.25) is 9.97 Å². The number of nitrogens with zero attached hydrogens (tertiary/aromatic N) is 2. The molecule has 0 N–H and O–H groups in total. The van der Waals surface area contributed by atoms with Crippen LogP contribution in [0.25, 0.3) is 11.3 Å². The van der Waals surface area contributed by atoms with Gasteiger partial charge in [0.1, 0.15) is 0 Å². The molecule has 1 atom stereocenters. The second-order valence-electron chi connectivity index (χ2n) is 8.15. The molecule has 6 nitrogen and oxygen atoms in total. The predicted octanol–water partition coefficient (Wildman–Crippen LogP) is 5.28.